The largest absolute Gasteiger partial charge is 0.497 e. The van der Waals surface area contributed by atoms with E-state index in [0.29, 0.717) is 28.4 Å². The number of sulfonamides is 1. The monoisotopic (exact) mass is 440 g/mol. The molecule has 3 rings (SSSR count). The van der Waals surface area contributed by atoms with Crippen LogP contribution in [0, 0.1) is 6.92 Å². The summed E-state index contributed by atoms with van der Waals surface area (Å²) < 4.78 is 38.0. The van der Waals surface area contributed by atoms with E-state index in [2.05, 4.69) is 5.32 Å². The van der Waals surface area contributed by atoms with E-state index in [1.165, 1.54) is 26.3 Å². The van der Waals surface area contributed by atoms with Gasteiger partial charge in [0, 0.05) is 18.3 Å². The molecule has 0 atom stereocenters. The van der Waals surface area contributed by atoms with Crippen molar-refractivity contribution in [2.75, 3.05) is 30.9 Å². The van der Waals surface area contributed by atoms with Gasteiger partial charge in [0.05, 0.1) is 24.8 Å². The Morgan fingerprint density at radius 2 is 1.61 bits per heavy atom. The molecule has 7 nitrogen and oxygen atoms in total. The Balaban J connectivity index is 1.92. The number of ether oxygens (including phenoxy) is 2. The van der Waals surface area contributed by atoms with Crippen molar-refractivity contribution in [2.45, 2.75) is 11.8 Å². The first-order chi connectivity index (χ1) is 14.8. The van der Waals surface area contributed by atoms with E-state index in [0.717, 1.165) is 4.31 Å². The number of benzene rings is 3. The normalized spacial score (nSPS) is 11.0. The number of anilines is 2. The van der Waals surface area contributed by atoms with Crippen LogP contribution in [0.4, 0.5) is 11.4 Å². The summed E-state index contributed by atoms with van der Waals surface area (Å²) in [7, 11) is 0.565. The maximum absolute atomic E-state index is 13.2. The fourth-order valence-corrected chi connectivity index (χ4v) is 4.29. The van der Waals surface area contributed by atoms with Gasteiger partial charge in [0.1, 0.15) is 11.5 Å². The zero-order valence-corrected chi connectivity index (χ0v) is 18.6. The van der Waals surface area contributed by atoms with Gasteiger partial charge in [0.25, 0.3) is 15.9 Å². The van der Waals surface area contributed by atoms with Crippen molar-refractivity contribution in [3.63, 3.8) is 0 Å². The van der Waals surface area contributed by atoms with Gasteiger partial charge >= 0.3 is 0 Å². The van der Waals surface area contributed by atoms with Gasteiger partial charge in [-0.3, -0.25) is 9.10 Å². The van der Waals surface area contributed by atoms with E-state index in [1.54, 1.807) is 68.6 Å². The predicted octanol–water partition coefficient (Wildman–Crippen LogP) is 4.09. The number of hydrogen-bond donors (Lipinski definition) is 1. The molecule has 3 aromatic rings. The van der Waals surface area contributed by atoms with Gasteiger partial charge < -0.3 is 14.8 Å². The Hall–Kier alpha value is -3.52. The van der Waals surface area contributed by atoms with Crippen LogP contribution in [0.1, 0.15) is 15.9 Å². The van der Waals surface area contributed by atoms with Crippen molar-refractivity contribution >= 4 is 27.3 Å². The van der Waals surface area contributed by atoms with Crippen LogP contribution in [0.5, 0.6) is 11.5 Å². The van der Waals surface area contributed by atoms with Crippen molar-refractivity contribution in [2.24, 2.45) is 0 Å². The fraction of sp³-hybridized carbons (Fsp3) is 0.174. The molecule has 0 aliphatic heterocycles. The van der Waals surface area contributed by atoms with Crippen molar-refractivity contribution in [1.82, 2.24) is 0 Å². The number of carbonyl (C=O) groups excluding carboxylic acids is 1. The fourth-order valence-electron chi connectivity index (χ4n) is 3.06. The van der Waals surface area contributed by atoms with Crippen LogP contribution in [0.25, 0.3) is 0 Å². The molecule has 3 aromatic carbocycles. The predicted molar refractivity (Wildman–Crippen MR) is 121 cm³/mol. The zero-order valence-electron chi connectivity index (χ0n) is 17.7. The number of nitrogens with zero attached hydrogens (tertiary/aromatic N) is 1. The number of rotatable bonds is 7. The minimum Gasteiger partial charge on any atom is -0.497 e. The van der Waals surface area contributed by atoms with Gasteiger partial charge in [0.15, 0.2) is 0 Å². The third-order valence-corrected chi connectivity index (χ3v) is 6.65. The van der Waals surface area contributed by atoms with Crippen LogP contribution in [0.15, 0.2) is 71.6 Å². The molecular formula is C23H24N2O5S. The maximum Gasteiger partial charge on any atom is 0.264 e. The van der Waals surface area contributed by atoms with Gasteiger partial charge in [-0.2, -0.15) is 0 Å². The van der Waals surface area contributed by atoms with E-state index in [4.69, 9.17) is 9.47 Å². The van der Waals surface area contributed by atoms with Crippen molar-refractivity contribution in [1.29, 1.82) is 0 Å². The van der Waals surface area contributed by atoms with Gasteiger partial charge in [-0.1, -0.05) is 18.2 Å². The van der Waals surface area contributed by atoms with Crippen molar-refractivity contribution in [3.8, 4) is 11.5 Å². The molecule has 0 spiro atoms. The highest BCUT2D eigenvalue weighted by Gasteiger charge is 2.25. The molecule has 162 valence electrons. The molecule has 0 fully saturated rings. The van der Waals surface area contributed by atoms with Gasteiger partial charge in [0.2, 0.25) is 0 Å². The van der Waals surface area contributed by atoms with E-state index in [9.17, 15) is 13.2 Å². The number of para-hydroxylation sites is 2. The molecule has 0 saturated carbocycles. The molecule has 8 heteroatoms. The molecule has 0 saturated heterocycles. The molecule has 31 heavy (non-hydrogen) atoms. The smallest absolute Gasteiger partial charge is 0.264 e. The Bertz CT molecular complexity index is 1190. The molecule has 1 N–H and O–H groups in total. The summed E-state index contributed by atoms with van der Waals surface area (Å²) in [4.78, 5) is 12.8. The first kappa shape index (κ1) is 22.2. The molecule has 1 amide bonds. The molecule has 0 bridgehead atoms. The van der Waals surface area contributed by atoms with Gasteiger partial charge in [-0.05, 0) is 61.0 Å². The van der Waals surface area contributed by atoms with Crippen LogP contribution < -0.4 is 19.1 Å². The number of carbonyl (C=O) groups is 1. The van der Waals surface area contributed by atoms with Crippen LogP contribution in [-0.4, -0.2) is 35.6 Å². The maximum atomic E-state index is 13.2. The SMILES string of the molecule is COc1ccc(NC(=O)c2cc(S(=O)(=O)N(C)c3ccccc3OC)ccc2C)cc1. The number of methoxy groups -OCH3 is 2. The summed E-state index contributed by atoms with van der Waals surface area (Å²) in [5, 5.41) is 2.79. The molecule has 0 aliphatic rings. The molecular weight excluding hydrogens is 416 g/mol. The van der Waals surface area contributed by atoms with Crippen molar-refractivity contribution in [3.05, 3.63) is 77.9 Å². The second-order valence-electron chi connectivity index (χ2n) is 6.80. The quantitative estimate of drug-likeness (QED) is 0.598. The lowest BCUT2D eigenvalue weighted by atomic mass is 10.1. The van der Waals surface area contributed by atoms with Crippen LogP contribution >= 0.6 is 0 Å². The van der Waals surface area contributed by atoms with E-state index < -0.39 is 15.9 Å². The Kier molecular flexibility index (Phi) is 6.50. The minimum atomic E-state index is -3.92. The van der Waals surface area contributed by atoms with Gasteiger partial charge in [-0.25, -0.2) is 8.42 Å². The van der Waals surface area contributed by atoms with E-state index >= 15 is 0 Å². The third-order valence-electron chi connectivity index (χ3n) is 4.88. The molecule has 0 aromatic heterocycles. The average molecular weight is 441 g/mol. The number of amides is 1. The van der Waals surface area contributed by atoms with Gasteiger partial charge in [-0.15, -0.1) is 0 Å². The second kappa shape index (κ2) is 9.09. The van der Waals surface area contributed by atoms with E-state index in [-0.39, 0.29) is 10.5 Å². The molecule has 0 unspecified atom stereocenters. The van der Waals surface area contributed by atoms with E-state index in [1.807, 2.05) is 0 Å². The summed E-state index contributed by atoms with van der Waals surface area (Å²) in [6.45, 7) is 1.75. The topological polar surface area (TPSA) is 84.9 Å². The third kappa shape index (κ3) is 4.64. The number of nitrogens with one attached hydrogen (secondary N) is 1. The molecule has 0 heterocycles. The number of aryl methyl sites for hydroxylation is 1. The first-order valence-corrected chi connectivity index (χ1v) is 10.9. The lowest BCUT2D eigenvalue weighted by Crippen LogP contribution is -2.27. The van der Waals surface area contributed by atoms with Crippen LogP contribution in [0.2, 0.25) is 0 Å². The minimum absolute atomic E-state index is 0.00591. The standard InChI is InChI=1S/C23H24N2O5S/c1-16-9-14-19(31(27,28)25(2)21-7-5-6-8-22(21)30-4)15-20(16)23(26)24-17-10-12-18(29-3)13-11-17/h5-15H,1-4H3,(H,24,26). The summed E-state index contributed by atoms with van der Waals surface area (Å²) in [5.74, 6) is 0.694. The lowest BCUT2D eigenvalue weighted by Gasteiger charge is -2.22. The average Bonchev–Trinajstić information content (AvgIpc) is 2.79. The second-order valence-corrected chi connectivity index (χ2v) is 8.77. The Morgan fingerprint density at radius 3 is 2.26 bits per heavy atom. The Labute approximate surface area is 182 Å². The Morgan fingerprint density at radius 1 is 0.935 bits per heavy atom. The van der Waals surface area contributed by atoms with Crippen molar-refractivity contribution < 1.29 is 22.7 Å². The summed E-state index contributed by atoms with van der Waals surface area (Å²) in [6, 6.07) is 18.2. The summed E-state index contributed by atoms with van der Waals surface area (Å²) >= 11 is 0. The summed E-state index contributed by atoms with van der Waals surface area (Å²) in [6.07, 6.45) is 0. The first-order valence-electron chi connectivity index (χ1n) is 9.46. The van der Waals surface area contributed by atoms with Crippen LogP contribution in [-0.2, 0) is 10.0 Å². The highest BCUT2D eigenvalue weighted by molar-refractivity contribution is 7.92. The highest BCUT2D eigenvalue weighted by Crippen LogP contribution is 2.31. The summed E-state index contributed by atoms with van der Waals surface area (Å²) in [5.41, 5.74) is 1.90. The lowest BCUT2D eigenvalue weighted by molar-refractivity contribution is 0.102. The highest BCUT2D eigenvalue weighted by atomic mass is 32.2. The van der Waals surface area contributed by atoms with Crippen LogP contribution in [0.3, 0.4) is 0 Å². The number of hydrogen-bond acceptors (Lipinski definition) is 5. The molecule has 0 radical (unpaired) electrons. The molecule has 0 aliphatic carbocycles. The zero-order chi connectivity index (χ0) is 22.6.